The minimum Gasteiger partial charge on any atom is -0.354 e. The van der Waals surface area contributed by atoms with E-state index in [0.29, 0.717) is 6.42 Å². The highest BCUT2D eigenvalue weighted by Gasteiger charge is 2.07. The minimum atomic E-state index is 0.147. The van der Waals surface area contributed by atoms with Crippen molar-refractivity contribution in [3.8, 4) is 0 Å². The maximum Gasteiger partial charge on any atom is 0.221 e. The molecule has 1 aromatic carbocycles. The monoisotopic (exact) mass is 327 g/mol. The number of benzene rings is 1. The molecule has 0 fully saturated rings. The summed E-state index contributed by atoms with van der Waals surface area (Å²) in [5.41, 5.74) is 0. The predicted octanol–water partition coefficient (Wildman–Crippen LogP) is 5.15. The third-order valence-corrected chi connectivity index (χ3v) is 4.50. The van der Waals surface area contributed by atoms with Crippen LogP contribution in [0.2, 0.25) is 5.02 Å². The van der Waals surface area contributed by atoms with Crippen LogP contribution in [0.1, 0.15) is 46.5 Å². The summed E-state index contributed by atoms with van der Waals surface area (Å²) < 4.78 is 0. The summed E-state index contributed by atoms with van der Waals surface area (Å²) in [6.45, 7) is 6.55. The van der Waals surface area contributed by atoms with Crippen LogP contribution in [-0.4, -0.2) is 17.7 Å². The number of rotatable bonds is 9. The van der Waals surface area contributed by atoms with Crippen molar-refractivity contribution >= 4 is 29.3 Å². The molecule has 0 saturated heterocycles. The van der Waals surface area contributed by atoms with E-state index in [1.165, 1.54) is 12.8 Å². The normalized spacial score (nSPS) is 12.4. The van der Waals surface area contributed by atoms with E-state index in [1.54, 1.807) is 11.8 Å². The Balaban J connectivity index is 2.14. The summed E-state index contributed by atoms with van der Waals surface area (Å²) in [5, 5.41) is 3.82. The van der Waals surface area contributed by atoms with Gasteiger partial charge < -0.3 is 5.32 Å². The van der Waals surface area contributed by atoms with Gasteiger partial charge in [-0.3, -0.25) is 4.79 Å². The Labute approximate surface area is 138 Å². The molecule has 0 bridgehead atoms. The topological polar surface area (TPSA) is 29.1 Å². The summed E-state index contributed by atoms with van der Waals surface area (Å²) in [4.78, 5) is 13.0. The predicted molar refractivity (Wildman–Crippen MR) is 93.1 cm³/mol. The van der Waals surface area contributed by atoms with Gasteiger partial charge in [0.1, 0.15) is 0 Å². The van der Waals surface area contributed by atoms with Gasteiger partial charge in [-0.2, -0.15) is 0 Å². The van der Waals surface area contributed by atoms with Gasteiger partial charge >= 0.3 is 0 Å². The van der Waals surface area contributed by atoms with Crippen molar-refractivity contribution in [2.24, 2.45) is 5.92 Å². The quantitative estimate of drug-likeness (QED) is 0.635. The Bertz CT molecular complexity index is 419. The number of carbonyl (C=O) groups is 1. The van der Waals surface area contributed by atoms with E-state index in [-0.39, 0.29) is 11.9 Å². The second-order valence-electron chi connectivity index (χ2n) is 5.85. The van der Waals surface area contributed by atoms with E-state index in [2.05, 4.69) is 26.1 Å². The van der Waals surface area contributed by atoms with Crippen LogP contribution in [0, 0.1) is 5.92 Å². The summed E-state index contributed by atoms with van der Waals surface area (Å²) in [6.07, 6.45) is 4.03. The van der Waals surface area contributed by atoms with Crippen LogP contribution in [-0.2, 0) is 4.79 Å². The highest BCUT2D eigenvalue weighted by atomic mass is 35.5. The molecule has 0 saturated carbocycles. The molecule has 1 N–H and O–H groups in total. The van der Waals surface area contributed by atoms with E-state index in [1.807, 2.05) is 24.3 Å². The first kappa shape index (κ1) is 18.4. The number of hydrogen-bond donors (Lipinski definition) is 1. The molecule has 1 atom stereocenters. The number of halogens is 1. The van der Waals surface area contributed by atoms with E-state index in [4.69, 9.17) is 11.6 Å². The molecule has 0 radical (unpaired) electrons. The van der Waals surface area contributed by atoms with Gasteiger partial charge in [-0.15, -0.1) is 11.8 Å². The van der Waals surface area contributed by atoms with E-state index in [9.17, 15) is 4.79 Å². The number of amides is 1. The Hall–Kier alpha value is -0.670. The molecule has 0 aliphatic carbocycles. The minimum absolute atomic E-state index is 0.147. The average Bonchev–Trinajstić information content (AvgIpc) is 2.40. The van der Waals surface area contributed by atoms with E-state index >= 15 is 0 Å². The van der Waals surface area contributed by atoms with Gasteiger partial charge in [0.15, 0.2) is 0 Å². The number of thioether (sulfide) groups is 1. The van der Waals surface area contributed by atoms with Gasteiger partial charge in [-0.1, -0.05) is 38.3 Å². The van der Waals surface area contributed by atoms with Gasteiger partial charge in [0.05, 0.1) is 0 Å². The second kappa shape index (κ2) is 10.1. The van der Waals surface area contributed by atoms with E-state index in [0.717, 1.165) is 28.0 Å². The molecule has 1 rings (SSSR count). The second-order valence-corrected chi connectivity index (χ2v) is 7.45. The summed E-state index contributed by atoms with van der Waals surface area (Å²) in [6, 6.07) is 8.00. The van der Waals surface area contributed by atoms with Crippen LogP contribution in [0.5, 0.6) is 0 Å². The molecule has 2 nitrogen and oxygen atoms in total. The molecular formula is C17H26ClNOS. The maximum atomic E-state index is 11.8. The van der Waals surface area contributed by atoms with Crippen molar-refractivity contribution in [2.45, 2.75) is 57.4 Å². The molecule has 0 heterocycles. The van der Waals surface area contributed by atoms with Crippen LogP contribution in [0.25, 0.3) is 0 Å². The highest BCUT2D eigenvalue weighted by molar-refractivity contribution is 7.99. The molecule has 1 amide bonds. The lowest BCUT2D eigenvalue weighted by molar-refractivity contribution is -0.121. The molecule has 1 unspecified atom stereocenters. The largest absolute Gasteiger partial charge is 0.354 e. The SMILES string of the molecule is CC(C)CCCC(C)NC(=O)CCSc1ccc(Cl)cc1. The highest BCUT2D eigenvalue weighted by Crippen LogP contribution is 2.20. The fourth-order valence-electron chi connectivity index (χ4n) is 2.04. The molecule has 1 aromatic rings. The Morgan fingerprint density at radius 2 is 1.86 bits per heavy atom. The molecule has 0 aliphatic rings. The lowest BCUT2D eigenvalue weighted by atomic mass is 10.0. The summed E-state index contributed by atoms with van der Waals surface area (Å²) in [5.74, 6) is 1.68. The van der Waals surface area contributed by atoms with Gasteiger partial charge in [0.25, 0.3) is 0 Å². The maximum absolute atomic E-state index is 11.8. The molecule has 118 valence electrons. The molecule has 21 heavy (non-hydrogen) atoms. The fourth-order valence-corrected chi connectivity index (χ4v) is 3.02. The van der Waals surface area contributed by atoms with Gasteiger partial charge in [0, 0.05) is 28.1 Å². The molecular weight excluding hydrogens is 302 g/mol. The first-order valence-electron chi connectivity index (χ1n) is 7.65. The zero-order valence-corrected chi connectivity index (χ0v) is 14.8. The van der Waals surface area contributed by atoms with Gasteiger partial charge in [0.2, 0.25) is 5.91 Å². The van der Waals surface area contributed by atoms with Crippen LogP contribution in [0.3, 0.4) is 0 Å². The average molecular weight is 328 g/mol. The van der Waals surface area contributed by atoms with Crippen LogP contribution in [0.15, 0.2) is 29.2 Å². The van der Waals surface area contributed by atoms with Crippen LogP contribution >= 0.6 is 23.4 Å². The smallest absolute Gasteiger partial charge is 0.221 e. The summed E-state index contributed by atoms with van der Waals surface area (Å²) >= 11 is 7.53. The number of carbonyl (C=O) groups excluding carboxylic acids is 1. The van der Waals surface area contributed by atoms with Crippen molar-refractivity contribution in [1.29, 1.82) is 0 Å². The van der Waals surface area contributed by atoms with E-state index < -0.39 is 0 Å². The summed E-state index contributed by atoms with van der Waals surface area (Å²) in [7, 11) is 0. The zero-order chi connectivity index (χ0) is 15.7. The number of nitrogens with one attached hydrogen (secondary N) is 1. The number of hydrogen-bond acceptors (Lipinski definition) is 2. The molecule has 4 heteroatoms. The Morgan fingerprint density at radius 1 is 1.19 bits per heavy atom. The fraction of sp³-hybridized carbons (Fsp3) is 0.588. The third kappa shape index (κ3) is 9.05. The Kier molecular flexibility index (Phi) is 8.86. The standard InChI is InChI=1S/C17H26ClNOS/c1-13(2)5-4-6-14(3)19-17(20)11-12-21-16-9-7-15(18)8-10-16/h7-10,13-14H,4-6,11-12H2,1-3H3,(H,19,20). The van der Waals surface area contributed by atoms with Crippen molar-refractivity contribution in [1.82, 2.24) is 5.32 Å². The van der Waals surface area contributed by atoms with Gasteiger partial charge in [-0.05, 0) is 43.5 Å². The molecule has 0 aromatic heterocycles. The third-order valence-electron chi connectivity index (χ3n) is 3.24. The van der Waals surface area contributed by atoms with Crippen molar-refractivity contribution in [2.75, 3.05) is 5.75 Å². The van der Waals surface area contributed by atoms with Crippen molar-refractivity contribution in [3.63, 3.8) is 0 Å². The zero-order valence-electron chi connectivity index (χ0n) is 13.2. The Morgan fingerprint density at radius 3 is 2.48 bits per heavy atom. The van der Waals surface area contributed by atoms with Crippen LogP contribution < -0.4 is 5.32 Å². The van der Waals surface area contributed by atoms with Crippen LogP contribution in [0.4, 0.5) is 0 Å². The first-order chi connectivity index (χ1) is 9.97. The van der Waals surface area contributed by atoms with Gasteiger partial charge in [-0.25, -0.2) is 0 Å². The first-order valence-corrected chi connectivity index (χ1v) is 9.01. The van der Waals surface area contributed by atoms with Crippen molar-refractivity contribution in [3.05, 3.63) is 29.3 Å². The molecule has 0 spiro atoms. The lowest BCUT2D eigenvalue weighted by Crippen LogP contribution is -2.32. The lowest BCUT2D eigenvalue weighted by Gasteiger charge is -2.14. The van der Waals surface area contributed by atoms with Crippen molar-refractivity contribution < 1.29 is 4.79 Å². The molecule has 0 aliphatic heterocycles.